The fourth-order valence-corrected chi connectivity index (χ4v) is 3.32. The zero-order valence-electron chi connectivity index (χ0n) is 13.0. The standard InChI is InChI=1S/C17H20FN3OS/c1-12(20-17(22)11-23-10-13-2-3-13)14-8-19-21(9-14)16-6-4-15(18)5-7-16/h4-9,12-13H,2-3,10-11H2,1H3,(H,20,22). The van der Waals surface area contributed by atoms with Crippen LogP contribution in [0.3, 0.4) is 0 Å². The number of nitrogens with zero attached hydrogens (tertiary/aromatic N) is 2. The quantitative estimate of drug-likeness (QED) is 0.845. The summed E-state index contributed by atoms with van der Waals surface area (Å²) in [6, 6.07) is 6.05. The molecule has 1 aliphatic carbocycles. The number of hydrogen-bond acceptors (Lipinski definition) is 3. The first-order valence-corrected chi connectivity index (χ1v) is 8.95. The normalized spacial score (nSPS) is 15.4. The summed E-state index contributed by atoms with van der Waals surface area (Å²) in [6.45, 7) is 1.94. The Balaban J connectivity index is 1.53. The first kappa shape index (κ1) is 16.1. The number of amides is 1. The third kappa shape index (κ3) is 4.58. The largest absolute Gasteiger partial charge is 0.349 e. The van der Waals surface area contributed by atoms with Gasteiger partial charge in [-0.25, -0.2) is 9.07 Å². The lowest BCUT2D eigenvalue weighted by Crippen LogP contribution is -2.28. The van der Waals surface area contributed by atoms with Crippen LogP contribution < -0.4 is 5.32 Å². The Kier molecular flexibility index (Phi) is 5.00. The Morgan fingerprint density at radius 2 is 2.17 bits per heavy atom. The zero-order chi connectivity index (χ0) is 16.2. The van der Waals surface area contributed by atoms with Gasteiger partial charge in [0.05, 0.1) is 23.7 Å². The fourth-order valence-electron chi connectivity index (χ4n) is 2.26. The van der Waals surface area contributed by atoms with E-state index in [9.17, 15) is 9.18 Å². The van der Waals surface area contributed by atoms with E-state index < -0.39 is 0 Å². The van der Waals surface area contributed by atoms with Gasteiger partial charge in [-0.3, -0.25) is 4.79 Å². The molecule has 1 aromatic carbocycles. The van der Waals surface area contributed by atoms with Gasteiger partial charge in [-0.05, 0) is 55.7 Å². The minimum Gasteiger partial charge on any atom is -0.349 e. The molecule has 1 amide bonds. The Morgan fingerprint density at radius 3 is 2.87 bits per heavy atom. The van der Waals surface area contributed by atoms with Crippen molar-refractivity contribution in [2.45, 2.75) is 25.8 Å². The molecule has 2 aromatic rings. The number of aromatic nitrogens is 2. The topological polar surface area (TPSA) is 46.9 Å². The summed E-state index contributed by atoms with van der Waals surface area (Å²) in [5, 5.41) is 7.27. The van der Waals surface area contributed by atoms with Crippen LogP contribution in [0, 0.1) is 11.7 Å². The molecule has 0 spiro atoms. The van der Waals surface area contributed by atoms with Crippen LogP contribution in [0.25, 0.3) is 5.69 Å². The molecule has 1 aliphatic rings. The predicted octanol–water partition coefficient (Wildman–Crippen LogP) is 3.33. The number of halogens is 1. The summed E-state index contributed by atoms with van der Waals surface area (Å²) in [7, 11) is 0. The predicted molar refractivity (Wildman–Crippen MR) is 90.1 cm³/mol. The number of rotatable bonds is 7. The smallest absolute Gasteiger partial charge is 0.230 e. The van der Waals surface area contributed by atoms with Gasteiger partial charge in [-0.2, -0.15) is 16.9 Å². The minimum atomic E-state index is -0.273. The van der Waals surface area contributed by atoms with E-state index in [1.54, 1.807) is 34.8 Å². The average molecular weight is 333 g/mol. The summed E-state index contributed by atoms with van der Waals surface area (Å²) in [6.07, 6.45) is 6.21. The summed E-state index contributed by atoms with van der Waals surface area (Å²) < 4.78 is 14.6. The van der Waals surface area contributed by atoms with Crippen molar-refractivity contribution in [1.29, 1.82) is 0 Å². The molecule has 1 N–H and O–H groups in total. The van der Waals surface area contributed by atoms with Gasteiger partial charge < -0.3 is 5.32 Å². The highest BCUT2D eigenvalue weighted by atomic mass is 32.2. The highest BCUT2D eigenvalue weighted by Gasteiger charge is 2.21. The Morgan fingerprint density at radius 1 is 1.43 bits per heavy atom. The second-order valence-corrected chi connectivity index (χ2v) is 6.97. The van der Waals surface area contributed by atoms with Crippen LogP contribution >= 0.6 is 11.8 Å². The van der Waals surface area contributed by atoms with Crippen LogP contribution in [-0.2, 0) is 4.79 Å². The first-order chi connectivity index (χ1) is 11.1. The summed E-state index contributed by atoms with van der Waals surface area (Å²) in [4.78, 5) is 11.9. The molecule has 0 radical (unpaired) electrons. The number of thioether (sulfide) groups is 1. The highest BCUT2D eigenvalue weighted by molar-refractivity contribution is 7.99. The van der Waals surface area contributed by atoms with Gasteiger partial charge in [0.25, 0.3) is 0 Å². The maximum atomic E-state index is 13.0. The second kappa shape index (κ2) is 7.17. The van der Waals surface area contributed by atoms with Crippen molar-refractivity contribution < 1.29 is 9.18 Å². The summed E-state index contributed by atoms with van der Waals surface area (Å²) in [5.41, 5.74) is 1.71. The molecule has 1 fully saturated rings. The van der Waals surface area contributed by atoms with E-state index in [1.165, 1.54) is 25.0 Å². The molecule has 0 bridgehead atoms. The highest BCUT2D eigenvalue weighted by Crippen LogP contribution is 2.32. The Labute approximate surface area is 139 Å². The van der Waals surface area contributed by atoms with Crippen LogP contribution in [0.15, 0.2) is 36.7 Å². The number of benzene rings is 1. The molecular weight excluding hydrogens is 313 g/mol. The van der Waals surface area contributed by atoms with Crippen molar-refractivity contribution in [3.8, 4) is 5.69 Å². The molecule has 1 saturated carbocycles. The van der Waals surface area contributed by atoms with Crippen molar-refractivity contribution >= 4 is 17.7 Å². The van der Waals surface area contributed by atoms with Crippen molar-refractivity contribution in [1.82, 2.24) is 15.1 Å². The summed E-state index contributed by atoms with van der Waals surface area (Å²) >= 11 is 1.70. The first-order valence-electron chi connectivity index (χ1n) is 7.79. The lowest BCUT2D eigenvalue weighted by Gasteiger charge is -2.11. The number of hydrogen-bond donors (Lipinski definition) is 1. The third-order valence-electron chi connectivity index (χ3n) is 3.85. The fraction of sp³-hybridized carbons (Fsp3) is 0.412. The van der Waals surface area contributed by atoms with Crippen LogP contribution in [0.4, 0.5) is 4.39 Å². The molecule has 1 heterocycles. The number of nitrogens with one attached hydrogen (secondary N) is 1. The lowest BCUT2D eigenvalue weighted by molar-refractivity contribution is -0.119. The van der Waals surface area contributed by atoms with E-state index in [4.69, 9.17) is 0 Å². The maximum Gasteiger partial charge on any atom is 0.230 e. The van der Waals surface area contributed by atoms with Gasteiger partial charge in [0.1, 0.15) is 5.82 Å². The third-order valence-corrected chi connectivity index (χ3v) is 5.03. The van der Waals surface area contributed by atoms with Crippen molar-refractivity contribution in [2.75, 3.05) is 11.5 Å². The Hall–Kier alpha value is -1.82. The van der Waals surface area contributed by atoms with Gasteiger partial charge in [-0.15, -0.1) is 0 Å². The molecule has 1 aromatic heterocycles. The van der Waals surface area contributed by atoms with Crippen molar-refractivity contribution in [3.05, 3.63) is 48.0 Å². The molecule has 0 saturated heterocycles. The van der Waals surface area contributed by atoms with Gasteiger partial charge in [-0.1, -0.05) is 0 Å². The van der Waals surface area contributed by atoms with Crippen molar-refractivity contribution in [2.24, 2.45) is 5.92 Å². The summed E-state index contributed by atoms with van der Waals surface area (Å²) in [5.74, 6) is 2.21. The second-order valence-electron chi connectivity index (χ2n) is 5.94. The van der Waals surface area contributed by atoms with E-state index in [2.05, 4.69) is 10.4 Å². The van der Waals surface area contributed by atoms with E-state index in [1.807, 2.05) is 13.1 Å². The molecule has 1 atom stereocenters. The van der Waals surface area contributed by atoms with Crippen LogP contribution in [-0.4, -0.2) is 27.2 Å². The van der Waals surface area contributed by atoms with Gasteiger partial charge in [0.15, 0.2) is 0 Å². The monoisotopic (exact) mass is 333 g/mol. The van der Waals surface area contributed by atoms with E-state index in [0.717, 1.165) is 22.9 Å². The van der Waals surface area contributed by atoms with Gasteiger partial charge in [0.2, 0.25) is 5.91 Å². The van der Waals surface area contributed by atoms with Gasteiger partial charge >= 0.3 is 0 Å². The van der Waals surface area contributed by atoms with Crippen LogP contribution in [0.1, 0.15) is 31.4 Å². The SMILES string of the molecule is CC(NC(=O)CSCC1CC1)c1cnn(-c2ccc(F)cc2)c1. The van der Waals surface area contributed by atoms with E-state index >= 15 is 0 Å². The molecule has 4 nitrogen and oxygen atoms in total. The molecule has 3 rings (SSSR count). The number of carbonyl (C=O) groups is 1. The van der Waals surface area contributed by atoms with Crippen LogP contribution in [0.5, 0.6) is 0 Å². The average Bonchev–Trinajstić information content (AvgIpc) is 3.21. The molecule has 23 heavy (non-hydrogen) atoms. The maximum absolute atomic E-state index is 13.0. The van der Waals surface area contributed by atoms with Gasteiger partial charge in [0, 0.05) is 11.8 Å². The molecular formula is C17H20FN3OS. The lowest BCUT2D eigenvalue weighted by atomic mass is 10.2. The minimum absolute atomic E-state index is 0.0534. The molecule has 6 heteroatoms. The van der Waals surface area contributed by atoms with E-state index in [0.29, 0.717) is 5.75 Å². The Bertz CT molecular complexity index is 667. The molecule has 1 unspecified atom stereocenters. The van der Waals surface area contributed by atoms with Crippen molar-refractivity contribution in [3.63, 3.8) is 0 Å². The van der Waals surface area contributed by atoms with E-state index in [-0.39, 0.29) is 17.8 Å². The molecule has 0 aliphatic heterocycles. The number of carbonyl (C=O) groups excluding carboxylic acids is 1. The molecule has 122 valence electrons. The van der Waals surface area contributed by atoms with Crippen LogP contribution in [0.2, 0.25) is 0 Å². The zero-order valence-corrected chi connectivity index (χ0v) is 13.9.